The standard InChI is InChI=1S/C28H42O4/c1-2-8-28(30)32-27-19-15-24(16-20-27)23-13-17-26(18-14-23)31-21-25(29)12-7-6-11-22-9-4-3-5-10-22/h15-16,19-20,22-23,26H,2-14,17-18,21H2,1H3. The van der Waals surface area contributed by atoms with E-state index in [1.807, 2.05) is 19.1 Å². The van der Waals surface area contributed by atoms with Crippen molar-refractivity contribution >= 4 is 11.8 Å². The van der Waals surface area contributed by atoms with E-state index in [0.717, 1.165) is 44.4 Å². The summed E-state index contributed by atoms with van der Waals surface area (Å²) in [6, 6.07) is 7.96. The fourth-order valence-electron chi connectivity index (χ4n) is 5.27. The van der Waals surface area contributed by atoms with Gasteiger partial charge < -0.3 is 9.47 Å². The molecule has 2 saturated carbocycles. The number of hydrogen-bond donors (Lipinski definition) is 0. The monoisotopic (exact) mass is 442 g/mol. The van der Waals surface area contributed by atoms with E-state index < -0.39 is 0 Å². The molecule has 0 radical (unpaired) electrons. The third-order valence-electron chi connectivity index (χ3n) is 7.23. The Morgan fingerprint density at radius 1 is 0.875 bits per heavy atom. The lowest BCUT2D eigenvalue weighted by Crippen LogP contribution is -2.23. The first-order valence-corrected chi connectivity index (χ1v) is 13.1. The predicted octanol–water partition coefficient (Wildman–Crippen LogP) is 7.14. The molecule has 0 spiro atoms. The molecule has 0 saturated heterocycles. The Labute approximate surface area is 194 Å². The van der Waals surface area contributed by atoms with E-state index in [1.165, 1.54) is 50.5 Å². The molecule has 0 heterocycles. The van der Waals surface area contributed by atoms with Crippen LogP contribution in [-0.4, -0.2) is 24.5 Å². The van der Waals surface area contributed by atoms with Gasteiger partial charge in [-0.25, -0.2) is 0 Å². The van der Waals surface area contributed by atoms with E-state index in [-0.39, 0.29) is 24.5 Å². The molecule has 0 amide bonds. The zero-order chi connectivity index (χ0) is 22.6. The molecular weight excluding hydrogens is 400 g/mol. The molecule has 2 fully saturated rings. The first kappa shape index (κ1) is 25.0. The van der Waals surface area contributed by atoms with Crippen LogP contribution in [0.3, 0.4) is 0 Å². The summed E-state index contributed by atoms with van der Waals surface area (Å²) >= 11 is 0. The molecule has 1 aromatic carbocycles. The molecule has 3 rings (SSSR count). The highest BCUT2D eigenvalue weighted by molar-refractivity contribution is 5.79. The number of ether oxygens (including phenoxy) is 2. The van der Waals surface area contributed by atoms with Gasteiger partial charge in [0, 0.05) is 12.8 Å². The summed E-state index contributed by atoms with van der Waals surface area (Å²) in [6.45, 7) is 2.26. The number of Topliss-reactive ketones (excluding diaryl/α,β-unsaturated/α-hetero) is 1. The van der Waals surface area contributed by atoms with Crippen molar-refractivity contribution in [2.24, 2.45) is 5.92 Å². The van der Waals surface area contributed by atoms with Crippen molar-refractivity contribution in [1.29, 1.82) is 0 Å². The van der Waals surface area contributed by atoms with Gasteiger partial charge in [0.1, 0.15) is 12.4 Å². The normalized spacial score (nSPS) is 21.9. The fraction of sp³-hybridized carbons (Fsp3) is 0.714. The summed E-state index contributed by atoms with van der Waals surface area (Å²) < 4.78 is 11.3. The van der Waals surface area contributed by atoms with Gasteiger partial charge in [0.05, 0.1) is 6.10 Å². The predicted molar refractivity (Wildman–Crippen MR) is 128 cm³/mol. The second kappa shape index (κ2) is 13.8. The minimum Gasteiger partial charge on any atom is -0.427 e. The van der Waals surface area contributed by atoms with Gasteiger partial charge >= 0.3 is 5.97 Å². The van der Waals surface area contributed by atoms with Gasteiger partial charge in [0.2, 0.25) is 0 Å². The summed E-state index contributed by atoms with van der Waals surface area (Å²) in [5.41, 5.74) is 1.30. The molecule has 1 aromatic rings. The first-order valence-electron chi connectivity index (χ1n) is 13.1. The maximum atomic E-state index is 12.2. The molecule has 0 N–H and O–H groups in total. The van der Waals surface area contributed by atoms with Gasteiger partial charge in [-0.3, -0.25) is 9.59 Å². The number of unbranched alkanes of at least 4 members (excludes halogenated alkanes) is 1. The maximum Gasteiger partial charge on any atom is 0.311 e. The number of hydrogen-bond acceptors (Lipinski definition) is 4. The van der Waals surface area contributed by atoms with Gasteiger partial charge in [-0.2, -0.15) is 0 Å². The largest absolute Gasteiger partial charge is 0.427 e. The van der Waals surface area contributed by atoms with Crippen LogP contribution in [0.4, 0.5) is 0 Å². The summed E-state index contributed by atoms with van der Waals surface area (Å²) in [5, 5.41) is 0. The van der Waals surface area contributed by atoms with E-state index >= 15 is 0 Å². The third kappa shape index (κ3) is 8.69. The van der Waals surface area contributed by atoms with Crippen LogP contribution in [0.1, 0.15) is 115 Å². The van der Waals surface area contributed by atoms with Crippen LogP contribution in [0.2, 0.25) is 0 Å². The molecule has 0 atom stereocenters. The second-order valence-electron chi connectivity index (χ2n) is 9.87. The van der Waals surface area contributed by atoms with Crippen molar-refractivity contribution < 1.29 is 19.1 Å². The average molecular weight is 443 g/mol. The molecule has 32 heavy (non-hydrogen) atoms. The van der Waals surface area contributed by atoms with E-state index in [1.54, 1.807) is 0 Å². The fourth-order valence-corrected chi connectivity index (χ4v) is 5.27. The van der Waals surface area contributed by atoms with Crippen molar-refractivity contribution in [2.45, 2.75) is 115 Å². The lowest BCUT2D eigenvalue weighted by molar-refractivity contribution is -0.134. The smallest absolute Gasteiger partial charge is 0.311 e. The van der Waals surface area contributed by atoms with Crippen LogP contribution in [0.25, 0.3) is 0 Å². The number of ketones is 1. The van der Waals surface area contributed by atoms with Gasteiger partial charge in [-0.15, -0.1) is 0 Å². The lowest BCUT2D eigenvalue weighted by atomic mass is 9.83. The summed E-state index contributed by atoms with van der Waals surface area (Å²) in [4.78, 5) is 23.8. The molecule has 2 aliphatic rings. The van der Waals surface area contributed by atoms with E-state index in [0.29, 0.717) is 24.5 Å². The molecule has 0 aromatic heterocycles. The molecule has 0 aliphatic heterocycles. The summed E-state index contributed by atoms with van der Waals surface area (Å²) in [6.07, 6.45) is 16.9. The highest BCUT2D eigenvalue weighted by atomic mass is 16.5. The first-order chi connectivity index (χ1) is 15.6. The van der Waals surface area contributed by atoms with E-state index in [4.69, 9.17) is 9.47 Å². The SMILES string of the molecule is CCCC(=O)Oc1ccc(C2CCC(OCC(=O)CCCCC3CCCCC3)CC2)cc1. The Bertz CT molecular complexity index is 682. The molecule has 0 unspecified atom stereocenters. The lowest BCUT2D eigenvalue weighted by Gasteiger charge is -2.28. The van der Waals surface area contributed by atoms with Crippen LogP contribution in [0.5, 0.6) is 5.75 Å². The van der Waals surface area contributed by atoms with Crippen LogP contribution < -0.4 is 4.74 Å². The van der Waals surface area contributed by atoms with Crippen molar-refractivity contribution in [3.8, 4) is 5.75 Å². The molecule has 178 valence electrons. The maximum absolute atomic E-state index is 12.2. The second-order valence-corrected chi connectivity index (χ2v) is 9.87. The Morgan fingerprint density at radius 2 is 1.59 bits per heavy atom. The van der Waals surface area contributed by atoms with Gasteiger partial charge in [0.25, 0.3) is 0 Å². The van der Waals surface area contributed by atoms with Gasteiger partial charge in [-0.1, -0.05) is 64.0 Å². The van der Waals surface area contributed by atoms with Crippen LogP contribution >= 0.6 is 0 Å². The molecule has 0 bridgehead atoms. The Balaban J connectivity index is 1.27. The number of rotatable bonds is 12. The molecule has 4 heteroatoms. The van der Waals surface area contributed by atoms with E-state index in [2.05, 4.69) is 12.1 Å². The summed E-state index contributed by atoms with van der Waals surface area (Å²) in [5.74, 6) is 2.16. The van der Waals surface area contributed by atoms with Gasteiger partial charge in [0.15, 0.2) is 5.78 Å². The minimum atomic E-state index is -0.170. The Hall–Kier alpha value is -1.68. The van der Waals surface area contributed by atoms with Crippen molar-refractivity contribution in [3.05, 3.63) is 29.8 Å². The summed E-state index contributed by atoms with van der Waals surface area (Å²) in [7, 11) is 0. The van der Waals surface area contributed by atoms with Crippen LogP contribution in [0, 0.1) is 5.92 Å². The number of benzene rings is 1. The van der Waals surface area contributed by atoms with Crippen molar-refractivity contribution in [2.75, 3.05) is 6.61 Å². The van der Waals surface area contributed by atoms with Crippen molar-refractivity contribution in [3.63, 3.8) is 0 Å². The number of carbonyl (C=O) groups excluding carboxylic acids is 2. The van der Waals surface area contributed by atoms with Crippen molar-refractivity contribution in [1.82, 2.24) is 0 Å². The molecular formula is C28H42O4. The zero-order valence-electron chi connectivity index (χ0n) is 20.0. The Morgan fingerprint density at radius 3 is 2.28 bits per heavy atom. The quantitative estimate of drug-likeness (QED) is 0.196. The highest BCUT2D eigenvalue weighted by Gasteiger charge is 2.23. The van der Waals surface area contributed by atoms with Crippen LogP contribution in [0.15, 0.2) is 24.3 Å². The highest BCUT2D eigenvalue weighted by Crippen LogP contribution is 2.35. The molecule has 4 nitrogen and oxygen atoms in total. The van der Waals surface area contributed by atoms with E-state index in [9.17, 15) is 9.59 Å². The third-order valence-corrected chi connectivity index (χ3v) is 7.23. The number of esters is 1. The Kier molecular flexibility index (Phi) is 10.7. The average Bonchev–Trinajstić information content (AvgIpc) is 2.82. The van der Waals surface area contributed by atoms with Gasteiger partial charge in [-0.05, 0) is 68.1 Å². The topological polar surface area (TPSA) is 52.6 Å². The molecule has 2 aliphatic carbocycles. The number of carbonyl (C=O) groups is 2. The zero-order valence-corrected chi connectivity index (χ0v) is 20.0. The van der Waals surface area contributed by atoms with Crippen LogP contribution in [-0.2, 0) is 14.3 Å². The minimum absolute atomic E-state index is 0.170.